The van der Waals surface area contributed by atoms with Crippen molar-refractivity contribution in [1.82, 2.24) is 9.97 Å². The summed E-state index contributed by atoms with van der Waals surface area (Å²) in [5, 5.41) is 3.79. The summed E-state index contributed by atoms with van der Waals surface area (Å²) < 4.78 is 11.8. The molecule has 0 saturated heterocycles. The van der Waals surface area contributed by atoms with E-state index in [1.807, 2.05) is 31.2 Å². The summed E-state index contributed by atoms with van der Waals surface area (Å²) in [5.41, 5.74) is 15.7. The smallest absolute Gasteiger partial charge is 0.163 e. The first kappa shape index (κ1) is 19.7. The molecule has 31 heavy (non-hydrogen) atoms. The van der Waals surface area contributed by atoms with E-state index >= 15 is 0 Å². The van der Waals surface area contributed by atoms with Crippen LogP contribution in [0.1, 0.15) is 37.7 Å². The van der Waals surface area contributed by atoms with Gasteiger partial charge in [-0.1, -0.05) is 31.7 Å². The summed E-state index contributed by atoms with van der Waals surface area (Å²) in [4.78, 5) is 9.27. The van der Waals surface area contributed by atoms with Crippen LogP contribution in [0, 0.1) is 12.8 Å². The van der Waals surface area contributed by atoms with Crippen molar-refractivity contribution >= 4 is 44.1 Å². The Bertz CT molecular complexity index is 1300. The van der Waals surface area contributed by atoms with Gasteiger partial charge in [-0.25, -0.2) is 4.98 Å². The molecule has 6 nitrogen and oxygen atoms in total. The zero-order valence-corrected chi connectivity index (χ0v) is 18.1. The Morgan fingerprint density at radius 1 is 1.03 bits per heavy atom. The third-order valence-corrected chi connectivity index (χ3v) is 6.66. The Kier molecular flexibility index (Phi) is 4.93. The molecule has 2 aromatic carbocycles. The Hall–Kier alpha value is -3.28. The van der Waals surface area contributed by atoms with Crippen molar-refractivity contribution in [2.75, 3.05) is 25.2 Å². The van der Waals surface area contributed by atoms with Gasteiger partial charge in [0.05, 0.1) is 24.8 Å². The van der Waals surface area contributed by atoms with Gasteiger partial charge in [0.25, 0.3) is 0 Å². The predicted octanol–water partition coefficient (Wildman–Crippen LogP) is 5.38. The molecule has 6 heteroatoms. The molecule has 4 N–H and O–H groups in total. The zero-order chi connectivity index (χ0) is 21.5. The van der Waals surface area contributed by atoms with Crippen molar-refractivity contribution in [1.29, 1.82) is 0 Å². The second kappa shape index (κ2) is 7.76. The molecule has 0 aliphatic heterocycles. The van der Waals surface area contributed by atoms with Crippen molar-refractivity contribution in [2.45, 2.75) is 39.0 Å². The van der Waals surface area contributed by atoms with E-state index in [1.165, 1.54) is 25.7 Å². The van der Waals surface area contributed by atoms with Gasteiger partial charge in [0.15, 0.2) is 11.5 Å². The van der Waals surface area contributed by atoms with Crippen LogP contribution in [0.15, 0.2) is 30.5 Å². The number of rotatable bonds is 5. The molecule has 1 aliphatic rings. The van der Waals surface area contributed by atoms with Crippen LogP contribution in [0.25, 0.3) is 32.6 Å². The second-order valence-corrected chi connectivity index (χ2v) is 8.53. The van der Waals surface area contributed by atoms with E-state index in [2.05, 4.69) is 9.97 Å². The third kappa shape index (κ3) is 3.36. The first-order chi connectivity index (χ1) is 15.1. The van der Waals surface area contributed by atoms with Crippen molar-refractivity contribution in [3.8, 4) is 11.5 Å². The lowest BCUT2D eigenvalue weighted by Gasteiger charge is -2.16. The lowest BCUT2D eigenvalue weighted by molar-refractivity contribution is 0.265. The molecule has 2 heterocycles. The number of hydrogen-bond donors (Lipinski definition) is 2. The minimum atomic E-state index is 0.446. The van der Waals surface area contributed by atoms with E-state index in [0.29, 0.717) is 23.9 Å². The molecule has 0 radical (unpaired) electrons. The largest absolute Gasteiger partial charge is 0.493 e. The van der Waals surface area contributed by atoms with E-state index < -0.39 is 0 Å². The number of hydrogen-bond acceptors (Lipinski definition) is 6. The molecular formula is C25H28N4O2. The van der Waals surface area contributed by atoms with Gasteiger partial charge in [0, 0.05) is 39.5 Å². The number of pyridine rings is 2. The van der Waals surface area contributed by atoms with Crippen LogP contribution in [0.5, 0.6) is 11.5 Å². The summed E-state index contributed by atoms with van der Waals surface area (Å²) in [6.07, 6.45) is 8.20. The van der Waals surface area contributed by atoms with Gasteiger partial charge in [0.2, 0.25) is 0 Å². The van der Waals surface area contributed by atoms with Crippen molar-refractivity contribution < 1.29 is 9.47 Å². The van der Waals surface area contributed by atoms with Gasteiger partial charge in [-0.15, -0.1) is 0 Å². The van der Waals surface area contributed by atoms with Gasteiger partial charge in [-0.3, -0.25) is 4.98 Å². The van der Waals surface area contributed by atoms with Gasteiger partial charge in [-0.2, -0.15) is 0 Å². The Morgan fingerprint density at radius 2 is 1.84 bits per heavy atom. The first-order valence-electron chi connectivity index (χ1n) is 10.9. The summed E-state index contributed by atoms with van der Waals surface area (Å²) in [6, 6.07) is 7.89. The van der Waals surface area contributed by atoms with Crippen molar-refractivity contribution in [3.63, 3.8) is 0 Å². The molecule has 0 atom stereocenters. The summed E-state index contributed by atoms with van der Waals surface area (Å²) >= 11 is 0. The molecule has 2 aromatic heterocycles. The maximum Gasteiger partial charge on any atom is 0.163 e. The number of benzene rings is 2. The van der Waals surface area contributed by atoms with Crippen molar-refractivity contribution in [3.05, 3.63) is 36.0 Å². The van der Waals surface area contributed by atoms with Crippen LogP contribution in [-0.4, -0.2) is 23.7 Å². The fraction of sp³-hybridized carbons (Fsp3) is 0.360. The van der Waals surface area contributed by atoms with Gasteiger partial charge in [0.1, 0.15) is 5.82 Å². The number of fused-ring (bicyclic) bond motifs is 5. The Labute approximate surface area is 181 Å². The minimum absolute atomic E-state index is 0.446. The molecule has 0 amide bonds. The third-order valence-electron chi connectivity index (χ3n) is 6.66. The number of anilines is 2. The van der Waals surface area contributed by atoms with Crippen LogP contribution >= 0.6 is 0 Å². The van der Waals surface area contributed by atoms with E-state index in [1.54, 1.807) is 13.3 Å². The highest BCUT2D eigenvalue weighted by Gasteiger charge is 2.18. The zero-order valence-electron chi connectivity index (χ0n) is 18.1. The minimum Gasteiger partial charge on any atom is -0.493 e. The highest BCUT2D eigenvalue weighted by molar-refractivity contribution is 6.21. The highest BCUT2D eigenvalue weighted by atomic mass is 16.5. The quantitative estimate of drug-likeness (QED) is 0.335. The predicted molar refractivity (Wildman–Crippen MR) is 127 cm³/mol. The molecule has 0 bridgehead atoms. The summed E-state index contributed by atoms with van der Waals surface area (Å²) in [5.74, 6) is 2.66. The molecule has 1 aliphatic carbocycles. The van der Waals surface area contributed by atoms with Gasteiger partial charge in [-0.05, 0) is 37.0 Å². The molecular weight excluding hydrogens is 388 g/mol. The molecule has 5 rings (SSSR count). The number of ether oxygens (including phenoxy) is 2. The van der Waals surface area contributed by atoms with Gasteiger partial charge < -0.3 is 20.9 Å². The molecule has 1 saturated carbocycles. The van der Waals surface area contributed by atoms with Crippen LogP contribution in [-0.2, 0) is 0 Å². The molecule has 0 unspecified atom stereocenters. The monoisotopic (exact) mass is 416 g/mol. The fourth-order valence-corrected chi connectivity index (χ4v) is 4.83. The number of aromatic nitrogens is 2. The first-order valence-corrected chi connectivity index (χ1v) is 10.9. The number of nitrogen functional groups attached to an aromatic ring is 2. The maximum absolute atomic E-state index is 6.31. The van der Waals surface area contributed by atoms with Crippen LogP contribution in [0.3, 0.4) is 0 Å². The Balaban J connectivity index is 1.64. The average Bonchev–Trinajstić information content (AvgIpc) is 3.29. The van der Waals surface area contributed by atoms with Crippen LogP contribution in [0.2, 0.25) is 0 Å². The summed E-state index contributed by atoms with van der Waals surface area (Å²) in [6.45, 7) is 2.66. The SMILES string of the molecule is COc1cc2c(cc1OCCC1CCCC1)ncc1c(N)nc3c(C)c(N)ccc3c12. The topological polar surface area (TPSA) is 96.3 Å². The number of methoxy groups -OCH3 is 1. The average molecular weight is 417 g/mol. The van der Waals surface area contributed by atoms with E-state index in [0.717, 1.165) is 56.2 Å². The van der Waals surface area contributed by atoms with Crippen LogP contribution < -0.4 is 20.9 Å². The van der Waals surface area contributed by atoms with Crippen molar-refractivity contribution in [2.24, 2.45) is 5.92 Å². The standard InChI is InChI=1S/C25H28N4O2/c1-14-19(26)8-7-16-23-17-11-21(30-2)22(31-10-9-15-5-3-4-6-15)12-20(17)28-13-18(23)25(27)29-24(14)16/h7-8,11-13,15H,3-6,9-10,26H2,1-2H3,(H2,27,29). The summed E-state index contributed by atoms with van der Waals surface area (Å²) in [7, 11) is 1.67. The van der Waals surface area contributed by atoms with E-state index in [-0.39, 0.29) is 0 Å². The molecule has 4 aromatic rings. The highest BCUT2D eigenvalue weighted by Crippen LogP contribution is 2.40. The second-order valence-electron chi connectivity index (χ2n) is 8.53. The lowest BCUT2D eigenvalue weighted by atomic mass is 9.99. The number of aryl methyl sites for hydroxylation is 1. The number of nitrogens with two attached hydrogens (primary N) is 2. The van der Waals surface area contributed by atoms with Crippen LogP contribution in [0.4, 0.5) is 11.5 Å². The van der Waals surface area contributed by atoms with E-state index in [9.17, 15) is 0 Å². The molecule has 1 fully saturated rings. The Morgan fingerprint density at radius 3 is 2.61 bits per heavy atom. The van der Waals surface area contributed by atoms with Gasteiger partial charge >= 0.3 is 0 Å². The fourth-order valence-electron chi connectivity index (χ4n) is 4.83. The number of nitrogens with zero attached hydrogens (tertiary/aromatic N) is 2. The maximum atomic E-state index is 6.31. The molecule has 0 spiro atoms. The lowest BCUT2D eigenvalue weighted by Crippen LogP contribution is -2.05. The van der Waals surface area contributed by atoms with E-state index in [4.69, 9.17) is 20.9 Å². The normalized spacial score (nSPS) is 14.6. The molecule has 160 valence electrons.